The first-order chi connectivity index (χ1) is 8.75. The number of aromatic nitrogens is 1. The molecule has 0 unspecified atom stereocenters. The van der Waals surface area contributed by atoms with Gasteiger partial charge in [0.25, 0.3) is 0 Å². The summed E-state index contributed by atoms with van der Waals surface area (Å²) in [5.74, 6) is -0.247. The van der Waals surface area contributed by atoms with E-state index in [1.54, 1.807) is 12.3 Å². The summed E-state index contributed by atoms with van der Waals surface area (Å²) in [6.45, 7) is 3.85. The van der Waals surface area contributed by atoms with Gasteiger partial charge in [0.15, 0.2) is 0 Å². The van der Waals surface area contributed by atoms with Crippen LogP contribution in [0.2, 0.25) is 0 Å². The molecule has 0 bridgehead atoms. The molecular formula is C13H13BrFN3. The predicted octanol–water partition coefficient (Wildman–Crippen LogP) is 2.55. The molecular weight excluding hydrogens is 297 g/mol. The zero-order valence-electron chi connectivity index (χ0n) is 9.79. The molecule has 1 fully saturated rings. The highest BCUT2D eigenvalue weighted by Gasteiger charge is 2.17. The average Bonchev–Trinajstić information content (AvgIpc) is 2.40. The van der Waals surface area contributed by atoms with Crippen molar-refractivity contribution in [3.05, 3.63) is 34.7 Å². The van der Waals surface area contributed by atoms with Crippen LogP contribution in [-0.2, 0) is 0 Å². The second-order valence-corrected chi connectivity index (χ2v) is 5.21. The lowest BCUT2D eigenvalue weighted by atomic mass is 10.1. The number of benzene rings is 1. The predicted molar refractivity (Wildman–Crippen MR) is 74.5 cm³/mol. The molecule has 1 N–H and O–H groups in total. The first-order valence-corrected chi connectivity index (χ1v) is 6.74. The van der Waals surface area contributed by atoms with Crippen LogP contribution < -0.4 is 10.2 Å². The average molecular weight is 310 g/mol. The van der Waals surface area contributed by atoms with Crippen molar-refractivity contribution in [3.63, 3.8) is 0 Å². The molecule has 1 aromatic heterocycles. The Bertz CT molecular complexity index is 582. The summed E-state index contributed by atoms with van der Waals surface area (Å²) in [5, 5.41) is 4.32. The number of hydrogen-bond donors (Lipinski definition) is 1. The molecule has 0 aliphatic carbocycles. The summed E-state index contributed by atoms with van der Waals surface area (Å²) in [7, 11) is 0. The first-order valence-electron chi connectivity index (χ1n) is 5.95. The molecule has 1 aromatic carbocycles. The van der Waals surface area contributed by atoms with Gasteiger partial charge in [-0.2, -0.15) is 0 Å². The van der Waals surface area contributed by atoms with Crippen molar-refractivity contribution in [2.45, 2.75) is 0 Å². The zero-order chi connectivity index (χ0) is 12.5. The van der Waals surface area contributed by atoms with Crippen LogP contribution in [0.5, 0.6) is 0 Å². The van der Waals surface area contributed by atoms with Gasteiger partial charge in [0.1, 0.15) is 5.82 Å². The zero-order valence-corrected chi connectivity index (χ0v) is 11.4. The fourth-order valence-electron chi connectivity index (χ4n) is 2.34. The molecule has 1 saturated heterocycles. The second kappa shape index (κ2) is 4.82. The van der Waals surface area contributed by atoms with Gasteiger partial charge in [0.05, 0.1) is 15.7 Å². The molecule has 0 radical (unpaired) electrons. The lowest BCUT2D eigenvalue weighted by Crippen LogP contribution is -2.43. The Labute approximate surface area is 113 Å². The van der Waals surface area contributed by atoms with Crippen LogP contribution in [0, 0.1) is 5.82 Å². The number of pyridine rings is 1. The largest absolute Gasteiger partial charge is 0.367 e. The molecule has 0 atom stereocenters. The van der Waals surface area contributed by atoms with E-state index in [9.17, 15) is 4.39 Å². The van der Waals surface area contributed by atoms with Crippen LogP contribution in [-0.4, -0.2) is 31.2 Å². The number of nitrogens with zero attached hydrogens (tertiary/aromatic N) is 2. The Kier molecular flexibility index (Phi) is 3.18. The molecule has 18 heavy (non-hydrogen) atoms. The minimum Gasteiger partial charge on any atom is -0.367 e. The van der Waals surface area contributed by atoms with E-state index >= 15 is 0 Å². The molecule has 1 aliphatic heterocycles. The monoisotopic (exact) mass is 309 g/mol. The highest BCUT2D eigenvalue weighted by Crippen LogP contribution is 2.33. The number of anilines is 1. The fourth-order valence-corrected chi connectivity index (χ4v) is 2.90. The number of piperazine rings is 1. The summed E-state index contributed by atoms with van der Waals surface area (Å²) in [5.41, 5.74) is 1.81. The minimum absolute atomic E-state index is 0.247. The van der Waals surface area contributed by atoms with E-state index in [1.165, 1.54) is 12.1 Å². The Morgan fingerprint density at radius 1 is 1.28 bits per heavy atom. The van der Waals surface area contributed by atoms with Gasteiger partial charge < -0.3 is 10.2 Å². The summed E-state index contributed by atoms with van der Waals surface area (Å²) in [6, 6.07) is 4.77. The SMILES string of the molecule is Fc1ccc2c(N3CCNCC3)c(Br)cnc2c1. The van der Waals surface area contributed by atoms with Gasteiger partial charge in [-0.1, -0.05) is 0 Å². The molecule has 3 nitrogen and oxygen atoms in total. The standard InChI is InChI=1S/C13H13BrFN3/c14-11-8-17-12-7-9(15)1-2-10(12)13(11)18-5-3-16-4-6-18/h1-2,7-8,16H,3-6H2. The maximum atomic E-state index is 13.2. The van der Waals surface area contributed by atoms with Crippen molar-refractivity contribution in [2.75, 3.05) is 31.1 Å². The van der Waals surface area contributed by atoms with Gasteiger partial charge in [-0.25, -0.2) is 4.39 Å². The fraction of sp³-hybridized carbons (Fsp3) is 0.308. The summed E-state index contributed by atoms with van der Waals surface area (Å²) >= 11 is 3.55. The van der Waals surface area contributed by atoms with Crippen molar-refractivity contribution in [1.82, 2.24) is 10.3 Å². The third-order valence-electron chi connectivity index (χ3n) is 3.19. The van der Waals surface area contributed by atoms with E-state index < -0.39 is 0 Å². The van der Waals surface area contributed by atoms with Crippen LogP contribution in [0.3, 0.4) is 0 Å². The first kappa shape index (κ1) is 11.9. The van der Waals surface area contributed by atoms with Gasteiger partial charge in [-0.3, -0.25) is 4.98 Å². The number of rotatable bonds is 1. The van der Waals surface area contributed by atoms with Crippen LogP contribution in [0.25, 0.3) is 10.9 Å². The van der Waals surface area contributed by atoms with E-state index in [0.717, 1.165) is 41.7 Å². The highest BCUT2D eigenvalue weighted by atomic mass is 79.9. The Morgan fingerprint density at radius 3 is 2.83 bits per heavy atom. The van der Waals surface area contributed by atoms with Crippen molar-refractivity contribution in [1.29, 1.82) is 0 Å². The van der Waals surface area contributed by atoms with Crippen molar-refractivity contribution in [2.24, 2.45) is 0 Å². The van der Waals surface area contributed by atoms with Crippen LogP contribution >= 0.6 is 15.9 Å². The summed E-state index contributed by atoms with van der Waals surface area (Å²) in [6.07, 6.45) is 1.75. The summed E-state index contributed by atoms with van der Waals surface area (Å²) < 4.78 is 14.2. The van der Waals surface area contributed by atoms with Crippen LogP contribution in [0.4, 0.5) is 10.1 Å². The third-order valence-corrected chi connectivity index (χ3v) is 3.77. The number of nitrogens with one attached hydrogen (secondary N) is 1. The normalized spacial score (nSPS) is 16.2. The van der Waals surface area contributed by atoms with Crippen molar-refractivity contribution >= 4 is 32.5 Å². The van der Waals surface area contributed by atoms with E-state index in [1.807, 2.05) is 0 Å². The maximum absolute atomic E-state index is 13.2. The Hall–Kier alpha value is -1.20. The topological polar surface area (TPSA) is 28.2 Å². The number of halogens is 2. The molecule has 94 valence electrons. The van der Waals surface area contributed by atoms with Gasteiger partial charge in [0.2, 0.25) is 0 Å². The summed E-state index contributed by atoms with van der Waals surface area (Å²) in [4.78, 5) is 6.58. The highest BCUT2D eigenvalue weighted by molar-refractivity contribution is 9.10. The minimum atomic E-state index is -0.247. The van der Waals surface area contributed by atoms with Gasteiger partial charge in [0, 0.05) is 43.8 Å². The van der Waals surface area contributed by atoms with E-state index in [4.69, 9.17) is 0 Å². The maximum Gasteiger partial charge on any atom is 0.125 e. The van der Waals surface area contributed by atoms with E-state index in [0.29, 0.717) is 5.52 Å². The molecule has 0 spiro atoms. The Balaban J connectivity index is 2.16. The number of fused-ring (bicyclic) bond motifs is 1. The molecule has 1 aliphatic rings. The molecule has 0 saturated carbocycles. The van der Waals surface area contributed by atoms with Gasteiger partial charge in [-0.15, -0.1) is 0 Å². The Morgan fingerprint density at radius 2 is 2.06 bits per heavy atom. The van der Waals surface area contributed by atoms with Crippen molar-refractivity contribution < 1.29 is 4.39 Å². The quantitative estimate of drug-likeness (QED) is 0.877. The molecule has 3 rings (SSSR count). The smallest absolute Gasteiger partial charge is 0.125 e. The lowest BCUT2D eigenvalue weighted by Gasteiger charge is -2.31. The molecule has 5 heteroatoms. The second-order valence-electron chi connectivity index (χ2n) is 4.35. The van der Waals surface area contributed by atoms with Gasteiger partial charge in [-0.05, 0) is 28.1 Å². The van der Waals surface area contributed by atoms with Crippen molar-refractivity contribution in [3.8, 4) is 0 Å². The van der Waals surface area contributed by atoms with E-state index in [-0.39, 0.29) is 5.82 Å². The molecule has 2 heterocycles. The third kappa shape index (κ3) is 2.08. The van der Waals surface area contributed by atoms with Crippen LogP contribution in [0.1, 0.15) is 0 Å². The molecule has 0 amide bonds. The lowest BCUT2D eigenvalue weighted by molar-refractivity contribution is 0.589. The number of hydrogen-bond acceptors (Lipinski definition) is 3. The van der Waals surface area contributed by atoms with E-state index in [2.05, 4.69) is 31.1 Å². The van der Waals surface area contributed by atoms with Gasteiger partial charge >= 0.3 is 0 Å². The van der Waals surface area contributed by atoms with Crippen LogP contribution in [0.15, 0.2) is 28.9 Å². The molecule has 2 aromatic rings.